The van der Waals surface area contributed by atoms with Crippen LogP contribution in [0.1, 0.15) is 34.8 Å². The predicted octanol–water partition coefficient (Wildman–Crippen LogP) is 2.19. The van der Waals surface area contributed by atoms with E-state index in [4.69, 9.17) is 4.52 Å². The fraction of sp³-hybridized carbons (Fsp3) is 0.500. The first-order chi connectivity index (χ1) is 5.83. The zero-order valence-electron chi connectivity index (χ0n) is 6.37. The van der Waals surface area contributed by atoms with E-state index in [0.29, 0.717) is 5.92 Å². The highest BCUT2D eigenvalue weighted by Crippen LogP contribution is 2.42. The summed E-state index contributed by atoms with van der Waals surface area (Å²) in [6.07, 6.45) is 4.72. The molecule has 0 spiro atoms. The van der Waals surface area contributed by atoms with E-state index in [1.807, 2.05) is 0 Å². The molecule has 1 atom stereocenters. The van der Waals surface area contributed by atoms with E-state index in [1.54, 1.807) is 6.26 Å². The highest BCUT2D eigenvalue weighted by molar-refractivity contribution is 9.09. The van der Waals surface area contributed by atoms with Gasteiger partial charge in [0, 0.05) is 11.5 Å². The summed E-state index contributed by atoms with van der Waals surface area (Å²) in [6, 6.07) is 0. The first-order valence-electron chi connectivity index (χ1n) is 3.86. The lowest BCUT2D eigenvalue weighted by Gasteiger charge is -1.98. The lowest BCUT2D eigenvalue weighted by atomic mass is 10.1. The van der Waals surface area contributed by atoms with Gasteiger partial charge in [-0.3, -0.25) is 0 Å². The topological polar surface area (TPSA) is 43.1 Å². The van der Waals surface area contributed by atoms with Gasteiger partial charge in [0.25, 0.3) is 0 Å². The van der Waals surface area contributed by atoms with Gasteiger partial charge in [0.1, 0.15) is 12.5 Å². The lowest BCUT2D eigenvalue weighted by Crippen LogP contribution is -1.93. The standard InChI is InChI=1S/C8H8BrNO2/c9-7(3-11)6-4-12-10-8(6)5-1-2-5/h3-5,7H,1-2H2/t7-/m1/s1. The van der Waals surface area contributed by atoms with Crippen LogP contribution in [0.4, 0.5) is 0 Å². The molecule has 0 unspecified atom stereocenters. The monoisotopic (exact) mass is 229 g/mol. The fourth-order valence-corrected chi connectivity index (χ4v) is 1.54. The highest BCUT2D eigenvalue weighted by atomic mass is 79.9. The van der Waals surface area contributed by atoms with Crippen LogP contribution in [0.5, 0.6) is 0 Å². The van der Waals surface area contributed by atoms with E-state index in [9.17, 15) is 4.79 Å². The molecular weight excluding hydrogens is 222 g/mol. The zero-order valence-corrected chi connectivity index (χ0v) is 7.95. The predicted molar refractivity (Wildman–Crippen MR) is 46.2 cm³/mol. The summed E-state index contributed by atoms with van der Waals surface area (Å²) in [5.74, 6) is 0.527. The zero-order chi connectivity index (χ0) is 8.55. The molecule has 2 rings (SSSR count). The highest BCUT2D eigenvalue weighted by Gasteiger charge is 2.31. The Morgan fingerprint density at radius 2 is 2.50 bits per heavy atom. The third kappa shape index (κ3) is 1.31. The van der Waals surface area contributed by atoms with Crippen LogP contribution in [0.3, 0.4) is 0 Å². The number of hydrogen-bond donors (Lipinski definition) is 0. The number of aromatic nitrogens is 1. The second-order valence-corrected chi connectivity index (χ2v) is 3.95. The molecular formula is C8H8BrNO2. The van der Waals surface area contributed by atoms with Gasteiger partial charge in [0.05, 0.1) is 10.5 Å². The Bertz CT molecular complexity index is 293. The first kappa shape index (κ1) is 7.98. The number of carbonyl (C=O) groups excluding carboxylic acids is 1. The smallest absolute Gasteiger partial charge is 0.138 e. The van der Waals surface area contributed by atoms with E-state index < -0.39 is 0 Å². The number of carbonyl (C=O) groups is 1. The van der Waals surface area contributed by atoms with Crippen molar-refractivity contribution in [1.82, 2.24) is 5.16 Å². The van der Waals surface area contributed by atoms with Gasteiger partial charge in [0.2, 0.25) is 0 Å². The normalized spacial score (nSPS) is 19.1. The van der Waals surface area contributed by atoms with Crippen LogP contribution >= 0.6 is 15.9 Å². The van der Waals surface area contributed by atoms with Crippen LogP contribution in [0.15, 0.2) is 10.8 Å². The Morgan fingerprint density at radius 3 is 3.08 bits per heavy atom. The van der Waals surface area contributed by atoms with Gasteiger partial charge >= 0.3 is 0 Å². The fourth-order valence-electron chi connectivity index (χ4n) is 1.20. The number of halogens is 1. The number of nitrogens with zero attached hydrogens (tertiary/aromatic N) is 1. The molecule has 0 saturated heterocycles. The minimum atomic E-state index is -0.264. The summed E-state index contributed by atoms with van der Waals surface area (Å²) >= 11 is 3.24. The van der Waals surface area contributed by atoms with Crippen molar-refractivity contribution in [2.45, 2.75) is 23.6 Å². The van der Waals surface area contributed by atoms with Crippen LogP contribution in [0, 0.1) is 0 Å². The molecule has 0 amide bonds. The minimum absolute atomic E-state index is 0.264. The van der Waals surface area contributed by atoms with Gasteiger partial charge in [-0.25, -0.2) is 0 Å². The average molecular weight is 230 g/mol. The molecule has 0 aliphatic heterocycles. The molecule has 64 valence electrons. The molecule has 1 saturated carbocycles. The summed E-state index contributed by atoms with van der Waals surface area (Å²) < 4.78 is 4.83. The van der Waals surface area contributed by atoms with Crippen molar-refractivity contribution in [2.24, 2.45) is 0 Å². The molecule has 0 aromatic carbocycles. The molecule has 1 aliphatic rings. The summed E-state index contributed by atoms with van der Waals surface area (Å²) in [5.41, 5.74) is 1.83. The SMILES string of the molecule is O=C[C@@H](Br)c1conc1C1CC1. The van der Waals surface area contributed by atoms with Gasteiger partial charge in [-0.2, -0.15) is 0 Å². The molecule has 1 aromatic rings. The molecule has 12 heavy (non-hydrogen) atoms. The molecule has 1 aliphatic carbocycles. The van der Waals surface area contributed by atoms with Crippen LogP contribution in [0.2, 0.25) is 0 Å². The molecule has 0 radical (unpaired) electrons. The van der Waals surface area contributed by atoms with Crippen LogP contribution in [-0.2, 0) is 4.79 Å². The molecule has 1 aromatic heterocycles. The van der Waals surface area contributed by atoms with Gasteiger partial charge in [-0.05, 0) is 12.8 Å². The summed E-state index contributed by atoms with van der Waals surface area (Å²) in [7, 11) is 0. The van der Waals surface area contributed by atoms with E-state index in [2.05, 4.69) is 21.1 Å². The summed E-state index contributed by atoms with van der Waals surface area (Å²) in [6.45, 7) is 0. The van der Waals surface area contributed by atoms with E-state index >= 15 is 0 Å². The number of alkyl halides is 1. The number of rotatable bonds is 3. The Hall–Kier alpha value is -0.640. The summed E-state index contributed by atoms with van der Waals surface area (Å²) in [5, 5.41) is 3.88. The molecule has 3 nitrogen and oxygen atoms in total. The van der Waals surface area contributed by atoms with E-state index in [-0.39, 0.29) is 4.83 Å². The third-order valence-corrected chi connectivity index (χ3v) is 2.72. The Balaban J connectivity index is 2.28. The van der Waals surface area contributed by atoms with Crippen molar-refractivity contribution in [2.75, 3.05) is 0 Å². The van der Waals surface area contributed by atoms with Crippen molar-refractivity contribution in [3.05, 3.63) is 17.5 Å². The quantitative estimate of drug-likeness (QED) is 0.590. The van der Waals surface area contributed by atoms with Crippen LogP contribution in [0.25, 0.3) is 0 Å². The van der Waals surface area contributed by atoms with Crippen molar-refractivity contribution >= 4 is 22.2 Å². The van der Waals surface area contributed by atoms with Crippen molar-refractivity contribution in [1.29, 1.82) is 0 Å². The van der Waals surface area contributed by atoms with Crippen LogP contribution in [-0.4, -0.2) is 11.4 Å². The Labute approximate surface area is 78.2 Å². The second-order valence-electron chi connectivity index (χ2n) is 2.97. The van der Waals surface area contributed by atoms with Gasteiger partial charge in [-0.15, -0.1) is 0 Å². The first-order valence-corrected chi connectivity index (χ1v) is 4.78. The lowest BCUT2D eigenvalue weighted by molar-refractivity contribution is -0.107. The Kier molecular flexibility index (Phi) is 2.00. The van der Waals surface area contributed by atoms with Gasteiger partial charge in [0.15, 0.2) is 0 Å². The number of aldehydes is 1. The molecule has 0 N–H and O–H groups in total. The summed E-state index contributed by atoms with van der Waals surface area (Å²) in [4.78, 5) is 10.2. The largest absolute Gasteiger partial charge is 0.364 e. The van der Waals surface area contributed by atoms with Gasteiger partial charge in [-0.1, -0.05) is 21.1 Å². The number of hydrogen-bond acceptors (Lipinski definition) is 3. The van der Waals surface area contributed by atoms with Crippen molar-refractivity contribution in [3.8, 4) is 0 Å². The maximum Gasteiger partial charge on any atom is 0.138 e. The van der Waals surface area contributed by atoms with E-state index in [0.717, 1.165) is 30.4 Å². The molecule has 1 heterocycles. The molecule has 1 fully saturated rings. The van der Waals surface area contributed by atoms with Crippen molar-refractivity contribution < 1.29 is 9.32 Å². The second kappa shape index (κ2) is 3.01. The van der Waals surface area contributed by atoms with Gasteiger partial charge < -0.3 is 9.32 Å². The van der Waals surface area contributed by atoms with Crippen molar-refractivity contribution in [3.63, 3.8) is 0 Å². The Morgan fingerprint density at radius 1 is 1.75 bits per heavy atom. The molecule has 0 bridgehead atoms. The maximum atomic E-state index is 10.5. The van der Waals surface area contributed by atoms with E-state index in [1.165, 1.54) is 0 Å². The van der Waals surface area contributed by atoms with Crippen LogP contribution < -0.4 is 0 Å². The third-order valence-electron chi connectivity index (χ3n) is 2.01. The minimum Gasteiger partial charge on any atom is -0.364 e. The molecule has 4 heteroatoms. The average Bonchev–Trinajstić information content (AvgIpc) is 2.83. The maximum absolute atomic E-state index is 10.5.